The van der Waals surface area contributed by atoms with E-state index in [9.17, 15) is 4.79 Å². The molecule has 0 saturated carbocycles. The number of pyridine rings is 1. The fourth-order valence-electron chi connectivity index (χ4n) is 2.90. The maximum absolute atomic E-state index is 11.1. The van der Waals surface area contributed by atoms with Gasteiger partial charge in [0.25, 0.3) is 0 Å². The zero-order valence-corrected chi connectivity index (χ0v) is 15.0. The van der Waals surface area contributed by atoms with Crippen LogP contribution >= 0.6 is 11.3 Å². The van der Waals surface area contributed by atoms with Crippen LogP contribution in [0.4, 0.5) is 5.13 Å². The lowest BCUT2D eigenvalue weighted by molar-refractivity contribution is -0.114. The van der Waals surface area contributed by atoms with E-state index in [1.807, 2.05) is 32.2 Å². The van der Waals surface area contributed by atoms with Crippen molar-refractivity contribution in [3.8, 4) is 5.75 Å². The second-order valence-electron chi connectivity index (χ2n) is 6.16. The number of amides is 1. The van der Waals surface area contributed by atoms with Crippen LogP contribution in [0.3, 0.4) is 0 Å². The lowest BCUT2D eigenvalue weighted by atomic mass is 10.3. The van der Waals surface area contributed by atoms with Gasteiger partial charge in [-0.1, -0.05) is 0 Å². The van der Waals surface area contributed by atoms with Crippen LogP contribution in [-0.4, -0.2) is 40.0 Å². The van der Waals surface area contributed by atoms with Crippen LogP contribution in [0.25, 0.3) is 0 Å². The Balaban J connectivity index is 1.53. The lowest BCUT2D eigenvalue weighted by Crippen LogP contribution is -2.24. The highest BCUT2D eigenvalue weighted by Crippen LogP contribution is 2.24. The van der Waals surface area contributed by atoms with Crippen molar-refractivity contribution in [2.45, 2.75) is 39.8 Å². The second kappa shape index (κ2) is 7.27. The van der Waals surface area contributed by atoms with Crippen LogP contribution in [-0.2, 0) is 11.3 Å². The maximum Gasteiger partial charge on any atom is 0.223 e. The van der Waals surface area contributed by atoms with Gasteiger partial charge in [-0.25, -0.2) is 4.98 Å². The molecule has 0 radical (unpaired) electrons. The van der Waals surface area contributed by atoms with Crippen molar-refractivity contribution in [3.63, 3.8) is 0 Å². The molecule has 128 valence electrons. The van der Waals surface area contributed by atoms with Crippen LogP contribution in [0.1, 0.15) is 29.6 Å². The number of nitrogens with zero attached hydrogens (tertiary/aromatic N) is 3. The molecular formula is C17H22N4O2S. The van der Waals surface area contributed by atoms with Gasteiger partial charge < -0.3 is 10.1 Å². The summed E-state index contributed by atoms with van der Waals surface area (Å²) in [5.74, 6) is 0.811. The molecule has 24 heavy (non-hydrogen) atoms. The fourth-order valence-corrected chi connectivity index (χ4v) is 3.80. The van der Waals surface area contributed by atoms with Crippen molar-refractivity contribution in [1.29, 1.82) is 0 Å². The molecule has 7 heteroatoms. The highest BCUT2D eigenvalue weighted by atomic mass is 32.1. The number of aromatic nitrogens is 2. The molecule has 1 atom stereocenters. The molecule has 2 aromatic rings. The van der Waals surface area contributed by atoms with E-state index in [2.05, 4.69) is 20.2 Å². The number of ether oxygens (including phenoxy) is 1. The highest BCUT2D eigenvalue weighted by Gasteiger charge is 2.24. The molecule has 0 bridgehead atoms. The number of aryl methyl sites for hydroxylation is 2. The molecular weight excluding hydrogens is 324 g/mol. The number of anilines is 1. The summed E-state index contributed by atoms with van der Waals surface area (Å²) in [6.45, 7) is 8.20. The zero-order valence-electron chi connectivity index (χ0n) is 14.2. The minimum Gasteiger partial charge on any atom is -0.489 e. The first kappa shape index (κ1) is 16.9. The summed E-state index contributed by atoms with van der Waals surface area (Å²) < 4.78 is 6.11. The fraction of sp³-hybridized carbons (Fsp3) is 0.471. The van der Waals surface area contributed by atoms with E-state index in [0.717, 1.165) is 48.1 Å². The first-order chi connectivity index (χ1) is 11.5. The minimum absolute atomic E-state index is 0.0894. The average Bonchev–Trinajstić information content (AvgIpc) is 3.07. The smallest absolute Gasteiger partial charge is 0.223 e. The molecule has 3 rings (SSSR count). The van der Waals surface area contributed by atoms with Crippen molar-refractivity contribution in [1.82, 2.24) is 14.9 Å². The van der Waals surface area contributed by atoms with Crippen LogP contribution in [0.2, 0.25) is 0 Å². The van der Waals surface area contributed by atoms with Gasteiger partial charge >= 0.3 is 0 Å². The number of hydrogen-bond acceptors (Lipinski definition) is 6. The Hall–Kier alpha value is -1.99. The molecule has 1 aliphatic rings. The van der Waals surface area contributed by atoms with Crippen molar-refractivity contribution >= 4 is 22.4 Å². The van der Waals surface area contributed by atoms with Crippen molar-refractivity contribution in [2.24, 2.45) is 0 Å². The number of carbonyl (C=O) groups excluding carboxylic acids is 1. The molecule has 1 N–H and O–H groups in total. The molecule has 1 fully saturated rings. The van der Waals surface area contributed by atoms with E-state index in [4.69, 9.17) is 4.74 Å². The highest BCUT2D eigenvalue weighted by molar-refractivity contribution is 7.15. The third kappa shape index (κ3) is 4.52. The number of carbonyl (C=O) groups is 1. The van der Waals surface area contributed by atoms with E-state index >= 15 is 0 Å². The average molecular weight is 346 g/mol. The van der Waals surface area contributed by atoms with Crippen LogP contribution in [0.15, 0.2) is 18.3 Å². The molecule has 2 aromatic heterocycles. The van der Waals surface area contributed by atoms with Gasteiger partial charge in [0.1, 0.15) is 11.9 Å². The summed E-state index contributed by atoms with van der Waals surface area (Å²) >= 11 is 1.52. The van der Waals surface area contributed by atoms with Crippen LogP contribution in [0.5, 0.6) is 5.75 Å². The number of likely N-dealkylation sites (tertiary alicyclic amines) is 1. The molecule has 0 aliphatic carbocycles. The van der Waals surface area contributed by atoms with E-state index in [0.29, 0.717) is 5.13 Å². The third-order valence-electron chi connectivity index (χ3n) is 3.80. The first-order valence-corrected chi connectivity index (χ1v) is 8.86. The van der Waals surface area contributed by atoms with Gasteiger partial charge in [-0.05, 0) is 20.3 Å². The van der Waals surface area contributed by atoms with Gasteiger partial charge in [-0.3, -0.25) is 14.7 Å². The van der Waals surface area contributed by atoms with E-state index in [-0.39, 0.29) is 12.0 Å². The quantitative estimate of drug-likeness (QED) is 0.902. The summed E-state index contributed by atoms with van der Waals surface area (Å²) in [5.41, 5.74) is 1.96. The van der Waals surface area contributed by atoms with Gasteiger partial charge in [0.2, 0.25) is 5.91 Å². The van der Waals surface area contributed by atoms with Crippen molar-refractivity contribution in [3.05, 3.63) is 34.6 Å². The maximum atomic E-state index is 11.1. The van der Waals surface area contributed by atoms with Gasteiger partial charge in [-0.2, -0.15) is 0 Å². The normalized spacial score (nSPS) is 17.9. The molecule has 0 spiro atoms. The summed E-state index contributed by atoms with van der Waals surface area (Å²) in [5, 5.41) is 3.38. The number of nitrogens with one attached hydrogen (secondary N) is 1. The molecule has 1 amide bonds. The summed E-state index contributed by atoms with van der Waals surface area (Å²) in [6.07, 6.45) is 3.05. The van der Waals surface area contributed by atoms with E-state index < -0.39 is 0 Å². The molecule has 0 unspecified atom stereocenters. The van der Waals surface area contributed by atoms with Crippen molar-refractivity contribution < 1.29 is 9.53 Å². The van der Waals surface area contributed by atoms with Crippen molar-refractivity contribution in [2.75, 3.05) is 18.4 Å². The number of thiazole rings is 1. The summed E-state index contributed by atoms with van der Waals surface area (Å²) in [6, 6.07) is 3.97. The first-order valence-electron chi connectivity index (χ1n) is 8.04. The van der Waals surface area contributed by atoms with Gasteiger partial charge in [-0.15, -0.1) is 11.3 Å². The van der Waals surface area contributed by atoms with E-state index in [1.165, 1.54) is 18.3 Å². The standard InChI is InChI=1S/C17H22N4O2S/c1-11-6-15(7-12(2)19-11)23-14-4-5-21(9-14)10-16-8-18-17(24-16)20-13(3)22/h6-8,14H,4-5,9-10H2,1-3H3,(H,18,20,22)/t14-/m0/s1. The largest absolute Gasteiger partial charge is 0.489 e. The zero-order chi connectivity index (χ0) is 17.1. The molecule has 1 aliphatic heterocycles. The predicted octanol–water partition coefficient (Wildman–Crippen LogP) is 2.77. The SMILES string of the molecule is CC(=O)Nc1ncc(CN2CC[C@H](Oc3cc(C)nc(C)c3)C2)s1. The molecule has 3 heterocycles. The third-order valence-corrected chi connectivity index (χ3v) is 4.70. The summed E-state index contributed by atoms with van der Waals surface area (Å²) in [4.78, 5) is 23.2. The number of rotatable bonds is 5. The van der Waals surface area contributed by atoms with Crippen LogP contribution < -0.4 is 10.1 Å². The number of hydrogen-bond donors (Lipinski definition) is 1. The Morgan fingerprint density at radius 1 is 1.42 bits per heavy atom. The van der Waals surface area contributed by atoms with Crippen LogP contribution in [0, 0.1) is 13.8 Å². The Morgan fingerprint density at radius 2 is 2.17 bits per heavy atom. The monoisotopic (exact) mass is 346 g/mol. The predicted molar refractivity (Wildman–Crippen MR) is 94.4 cm³/mol. The van der Waals surface area contributed by atoms with E-state index in [1.54, 1.807) is 0 Å². The topological polar surface area (TPSA) is 67.4 Å². The second-order valence-corrected chi connectivity index (χ2v) is 7.28. The molecule has 1 saturated heterocycles. The van der Waals surface area contributed by atoms with Gasteiger partial charge in [0.05, 0.1) is 0 Å². The summed E-state index contributed by atoms with van der Waals surface area (Å²) in [7, 11) is 0. The Labute approximate surface area is 145 Å². The minimum atomic E-state index is -0.0894. The Kier molecular flexibility index (Phi) is 5.11. The Bertz CT molecular complexity index is 711. The lowest BCUT2D eigenvalue weighted by Gasteiger charge is -2.16. The van der Waals surface area contributed by atoms with Gasteiger partial charge in [0.15, 0.2) is 5.13 Å². The Morgan fingerprint density at radius 3 is 2.88 bits per heavy atom. The molecule has 6 nitrogen and oxygen atoms in total. The molecule has 0 aromatic carbocycles. The van der Waals surface area contributed by atoms with Gasteiger partial charge in [0, 0.05) is 61.2 Å².